The standard InChI is InChI=1S/C12H11ClN2O/c1-8(16)12-7-14-9(2)15(12)11-6-4-3-5-10(11)13/h3-7H,1-2H3. The first kappa shape index (κ1) is 10.9. The zero-order valence-corrected chi connectivity index (χ0v) is 9.82. The first-order valence-corrected chi connectivity index (χ1v) is 5.29. The van der Waals surface area contributed by atoms with Crippen LogP contribution in [0.3, 0.4) is 0 Å². The lowest BCUT2D eigenvalue weighted by Crippen LogP contribution is -2.06. The molecule has 0 atom stereocenters. The van der Waals surface area contributed by atoms with E-state index in [9.17, 15) is 4.79 Å². The van der Waals surface area contributed by atoms with Gasteiger partial charge < -0.3 is 0 Å². The molecule has 0 aliphatic carbocycles. The van der Waals surface area contributed by atoms with E-state index in [1.54, 1.807) is 16.8 Å². The van der Waals surface area contributed by atoms with Crippen molar-refractivity contribution >= 4 is 17.4 Å². The minimum absolute atomic E-state index is 0.0273. The van der Waals surface area contributed by atoms with Crippen LogP contribution in [0.25, 0.3) is 5.69 Å². The number of nitrogens with zero attached hydrogens (tertiary/aromatic N) is 2. The van der Waals surface area contributed by atoms with Crippen LogP contribution in [0.1, 0.15) is 23.2 Å². The van der Waals surface area contributed by atoms with Crippen LogP contribution in [0.15, 0.2) is 30.5 Å². The number of rotatable bonds is 2. The number of carbonyl (C=O) groups excluding carboxylic acids is 1. The third-order valence-electron chi connectivity index (χ3n) is 2.39. The van der Waals surface area contributed by atoms with Gasteiger partial charge in [-0.25, -0.2) is 4.98 Å². The van der Waals surface area contributed by atoms with Crippen LogP contribution >= 0.6 is 11.6 Å². The Morgan fingerprint density at radius 3 is 2.69 bits per heavy atom. The molecular formula is C12H11ClN2O. The topological polar surface area (TPSA) is 34.9 Å². The van der Waals surface area contributed by atoms with E-state index >= 15 is 0 Å². The fraction of sp³-hybridized carbons (Fsp3) is 0.167. The van der Waals surface area contributed by atoms with E-state index in [2.05, 4.69) is 4.98 Å². The Labute approximate surface area is 98.7 Å². The molecule has 0 saturated carbocycles. The predicted octanol–water partition coefficient (Wildman–Crippen LogP) is 3.04. The number of hydrogen-bond acceptors (Lipinski definition) is 2. The molecule has 0 N–H and O–H groups in total. The van der Waals surface area contributed by atoms with Gasteiger partial charge in [0.25, 0.3) is 0 Å². The Kier molecular flexibility index (Phi) is 2.79. The number of aryl methyl sites for hydroxylation is 1. The van der Waals surface area contributed by atoms with Crippen molar-refractivity contribution in [1.29, 1.82) is 0 Å². The maximum Gasteiger partial charge on any atom is 0.178 e. The lowest BCUT2D eigenvalue weighted by atomic mass is 10.2. The van der Waals surface area contributed by atoms with Gasteiger partial charge in [-0.05, 0) is 19.1 Å². The molecule has 0 aliphatic rings. The molecule has 2 aromatic rings. The summed E-state index contributed by atoms with van der Waals surface area (Å²) < 4.78 is 1.77. The van der Waals surface area contributed by atoms with Crippen LogP contribution in [-0.2, 0) is 0 Å². The van der Waals surface area contributed by atoms with Crippen molar-refractivity contribution in [3.8, 4) is 5.69 Å². The molecule has 2 rings (SSSR count). The van der Waals surface area contributed by atoms with Gasteiger partial charge in [-0.15, -0.1) is 0 Å². The maximum atomic E-state index is 11.5. The molecule has 3 nitrogen and oxygen atoms in total. The molecule has 0 spiro atoms. The number of aromatic nitrogens is 2. The molecule has 0 unspecified atom stereocenters. The lowest BCUT2D eigenvalue weighted by Gasteiger charge is -2.09. The molecule has 0 amide bonds. The largest absolute Gasteiger partial charge is 0.293 e. The molecular weight excluding hydrogens is 224 g/mol. The minimum atomic E-state index is -0.0273. The van der Waals surface area contributed by atoms with E-state index in [1.165, 1.54) is 6.92 Å². The number of benzene rings is 1. The van der Waals surface area contributed by atoms with E-state index in [4.69, 9.17) is 11.6 Å². The van der Waals surface area contributed by atoms with E-state index in [1.807, 2.05) is 25.1 Å². The summed E-state index contributed by atoms with van der Waals surface area (Å²) in [5.74, 6) is 0.721. The molecule has 0 saturated heterocycles. The second-order valence-corrected chi connectivity index (χ2v) is 3.94. The molecule has 1 aromatic heterocycles. The van der Waals surface area contributed by atoms with Gasteiger partial charge in [0.05, 0.1) is 16.9 Å². The number of Topliss-reactive ketones (excluding diaryl/α,β-unsaturated/α-hetero) is 1. The van der Waals surface area contributed by atoms with Gasteiger partial charge in [0.15, 0.2) is 5.78 Å². The molecule has 4 heteroatoms. The van der Waals surface area contributed by atoms with Crippen LogP contribution < -0.4 is 0 Å². The number of imidazole rings is 1. The fourth-order valence-corrected chi connectivity index (χ4v) is 1.85. The summed E-state index contributed by atoms with van der Waals surface area (Å²) in [7, 11) is 0. The highest BCUT2D eigenvalue weighted by atomic mass is 35.5. The summed E-state index contributed by atoms with van der Waals surface area (Å²) in [6.07, 6.45) is 1.57. The zero-order chi connectivity index (χ0) is 11.7. The molecule has 82 valence electrons. The predicted molar refractivity (Wildman–Crippen MR) is 63.3 cm³/mol. The van der Waals surface area contributed by atoms with Crippen molar-refractivity contribution in [1.82, 2.24) is 9.55 Å². The fourth-order valence-electron chi connectivity index (χ4n) is 1.63. The third kappa shape index (κ3) is 1.74. The highest BCUT2D eigenvalue weighted by Gasteiger charge is 2.13. The molecule has 0 aliphatic heterocycles. The molecule has 0 fully saturated rings. The quantitative estimate of drug-likeness (QED) is 0.749. The molecule has 0 radical (unpaired) electrons. The van der Waals surface area contributed by atoms with Gasteiger partial charge in [-0.1, -0.05) is 23.7 Å². The molecule has 16 heavy (non-hydrogen) atoms. The second-order valence-electron chi connectivity index (χ2n) is 3.53. The zero-order valence-electron chi connectivity index (χ0n) is 9.07. The second kappa shape index (κ2) is 4.10. The number of halogens is 1. The van der Waals surface area contributed by atoms with E-state index in [-0.39, 0.29) is 5.78 Å². The van der Waals surface area contributed by atoms with E-state index in [0.717, 1.165) is 11.5 Å². The average Bonchev–Trinajstić information content (AvgIpc) is 2.61. The third-order valence-corrected chi connectivity index (χ3v) is 2.71. The summed E-state index contributed by atoms with van der Waals surface area (Å²) in [6.45, 7) is 3.36. The van der Waals surface area contributed by atoms with Crippen molar-refractivity contribution in [2.75, 3.05) is 0 Å². The Morgan fingerprint density at radius 1 is 1.38 bits per heavy atom. The highest BCUT2D eigenvalue weighted by molar-refractivity contribution is 6.32. The van der Waals surface area contributed by atoms with E-state index < -0.39 is 0 Å². The Hall–Kier alpha value is -1.61. The highest BCUT2D eigenvalue weighted by Crippen LogP contribution is 2.23. The molecule has 0 bridgehead atoms. The summed E-state index contributed by atoms with van der Waals surface area (Å²) in [5.41, 5.74) is 1.33. The molecule has 1 aromatic carbocycles. The number of hydrogen-bond donors (Lipinski definition) is 0. The van der Waals surface area contributed by atoms with Crippen LogP contribution in [0.2, 0.25) is 5.02 Å². The van der Waals surface area contributed by atoms with Crippen LogP contribution in [0.4, 0.5) is 0 Å². The summed E-state index contributed by atoms with van der Waals surface area (Å²) >= 11 is 6.10. The van der Waals surface area contributed by atoms with Crippen LogP contribution in [0.5, 0.6) is 0 Å². The van der Waals surface area contributed by atoms with Gasteiger partial charge in [-0.2, -0.15) is 0 Å². The van der Waals surface area contributed by atoms with Crippen molar-refractivity contribution < 1.29 is 4.79 Å². The first-order chi connectivity index (χ1) is 7.61. The normalized spacial score (nSPS) is 10.4. The van der Waals surface area contributed by atoms with Crippen molar-refractivity contribution in [2.24, 2.45) is 0 Å². The van der Waals surface area contributed by atoms with Crippen molar-refractivity contribution in [2.45, 2.75) is 13.8 Å². The molecule has 1 heterocycles. The average molecular weight is 235 g/mol. The summed E-state index contributed by atoms with van der Waals surface area (Å²) in [4.78, 5) is 15.6. The van der Waals surface area contributed by atoms with Gasteiger partial charge in [0.2, 0.25) is 0 Å². The van der Waals surface area contributed by atoms with Crippen LogP contribution in [-0.4, -0.2) is 15.3 Å². The van der Waals surface area contributed by atoms with Crippen molar-refractivity contribution in [3.05, 3.63) is 47.0 Å². The Balaban J connectivity index is 2.68. The number of carbonyl (C=O) groups is 1. The summed E-state index contributed by atoms with van der Waals surface area (Å²) in [5, 5.41) is 0.603. The van der Waals surface area contributed by atoms with Gasteiger partial charge >= 0.3 is 0 Å². The Morgan fingerprint density at radius 2 is 2.06 bits per heavy atom. The number of para-hydroxylation sites is 1. The Bertz CT molecular complexity index is 546. The van der Waals surface area contributed by atoms with E-state index in [0.29, 0.717) is 10.7 Å². The van der Waals surface area contributed by atoms with Crippen molar-refractivity contribution in [3.63, 3.8) is 0 Å². The first-order valence-electron chi connectivity index (χ1n) is 4.91. The SMILES string of the molecule is CC(=O)c1cnc(C)n1-c1ccccc1Cl. The monoisotopic (exact) mass is 234 g/mol. The number of ketones is 1. The van der Waals surface area contributed by atoms with Gasteiger partial charge in [-0.3, -0.25) is 9.36 Å². The maximum absolute atomic E-state index is 11.5. The summed E-state index contributed by atoms with van der Waals surface area (Å²) in [6, 6.07) is 7.39. The van der Waals surface area contributed by atoms with Gasteiger partial charge in [0, 0.05) is 6.92 Å². The van der Waals surface area contributed by atoms with Gasteiger partial charge in [0.1, 0.15) is 11.5 Å². The lowest BCUT2D eigenvalue weighted by molar-refractivity contribution is 0.101. The van der Waals surface area contributed by atoms with Crippen LogP contribution in [0, 0.1) is 6.92 Å². The minimum Gasteiger partial charge on any atom is -0.293 e. The smallest absolute Gasteiger partial charge is 0.178 e.